The lowest BCUT2D eigenvalue weighted by molar-refractivity contribution is -0.116. The van der Waals surface area contributed by atoms with Crippen LogP contribution in [0.1, 0.15) is 74.1 Å². The van der Waals surface area contributed by atoms with Gasteiger partial charge in [0.25, 0.3) is 0 Å². The first kappa shape index (κ1) is 18.7. The minimum atomic E-state index is 0.137. The van der Waals surface area contributed by atoms with Gasteiger partial charge in [-0.15, -0.1) is 0 Å². The van der Waals surface area contributed by atoms with Gasteiger partial charge in [-0.3, -0.25) is 4.79 Å². The van der Waals surface area contributed by atoms with E-state index in [0.717, 1.165) is 30.4 Å². The van der Waals surface area contributed by atoms with Crippen LogP contribution in [0.3, 0.4) is 0 Å². The first-order valence-electron chi connectivity index (χ1n) is 11.4. The summed E-state index contributed by atoms with van der Waals surface area (Å²) in [5, 5.41) is 7.02. The first-order chi connectivity index (χ1) is 14.1. The summed E-state index contributed by atoms with van der Waals surface area (Å²) in [4.78, 5) is 12.2. The molecule has 3 heteroatoms. The number of amides is 1. The highest BCUT2D eigenvalue weighted by molar-refractivity contribution is 5.91. The standard InChI is InChI=1S/C26H32N2O/c1-3-4-5-23(29)27-20-12-13-22-21(15-20)24-18-10-11-19(14-18)25(24)26(28-22)17-8-6-16(2)7-9-17/h6-9,12-13,15,18-19,24-26,28H,3-5,10-11,14H2,1-2H3,(H,27,29). The van der Waals surface area contributed by atoms with Gasteiger partial charge in [-0.25, -0.2) is 0 Å². The van der Waals surface area contributed by atoms with Crippen LogP contribution in [0.25, 0.3) is 0 Å². The van der Waals surface area contributed by atoms with Crippen molar-refractivity contribution in [3.63, 3.8) is 0 Å². The van der Waals surface area contributed by atoms with Gasteiger partial charge in [0.1, 0.15) is 0 Å². The molecule has 29 heavy (non-hydrogen) atoms. The van der Waals surface area contributed by atoms with Gasteiger partial charge in [0.05, 0.1) is 6.04 Å². The zero-order valence-electron chi connectivity index (χ0n) is 17.6. The number of anilines is 2. The molecule has 1 aliphatic heterocycles. The minimum absolute atomic E-state index is 0.137. The van der Waals surface area contributed by atoms with Crippen molar-refractivity contribution in [1.29, 1.82) is 0 Å². The predicted octanol–water partition coefficient (Wildman–Crippen LogP) is 6.42. The van der Waals surface area contributed by atoms with E-state index in [4.69, 9.17) is 0 Å². The monoisotopic (exact) mass is 388 g/mol. The molecule has 5 rings (SSSR count). The molecule has 2 N–H and O–H groups in total. The second kappa shape index (κ2) is 7.51. The Morgan fingerprint density at radius 1 is 1.10 bits per heavy atom. The van der Waals surface area contributed by atoms with Crippen molar-refractivity contribution in [2.45, 2.75) is 64.3 Å². The Morgan fingerprint density at radius 2 is 1.90 bits per heavy atom. The first-order valence-corrected chi connectivity index (χ1v) is 11.4. The van der Waals surface area contributed by atoms with Crippen LogP contribution in [0.2, 0.25) is 0 Å². The van der Waals surface area contributed by atoms with Gasteiger partial charge in [0.15, 0.2) is 0 Å². The second-order valence-electron chi connectivity index (χ2n) is 9.42. The Hall–Kier alpha value is -2.29. The van der Waals surface area contributed by atoms with Crippen molar-refractivity contribution in [1.82, 2.24) is 0 Å². The van der Waals surface area contributed by atoms with E-state index in [0.29, 0.717) is 24.3 Å². The van der Waals surface area contributed by atoms with E-state index >= 15 is 0 Å². The molecule has 5 unspecified atom stereocenters. The summed E-state index contributed by atoms with van der Waals surface area (Å²) in [6.07, 6.45) is 6.71. The molecular weight excluding hydrogens is 356 g/mol. The molecule has 0 aromatic heterocycles. The summed E-state index contributed by atoms with van der Waals surface area (Å²) < 4.78 is 0. The van der Waals surface area contributed by atoms with E-state index < -0.39 is 0 Å². The molecule has 1 amide bonds. The Bertz CT molecular complexity index is 903. The Kier molecular flexibility index (Phi) is 4.85. The third-order valence-corrected chi connectivity index (χ3v) is 7.56. The maximum Gasteiger partial charge on any atom is 0.224 e. The van der Waals surface area contributed by atoms with Crippen molar-refractivity contribution in [3.8, 4) is 0 Å². The molecular formula is C26H32N2O. The zero-order valence-corrected chi connectivity index (χ0v) is 17.6. The summed E-state index contributed by atoms with van der Waals surface area (Å²) >= 11 is 0. The third-order valence-electron chi connectivity index (χ3n) is 7.56. The van der Waals surface area contributed by atoms with Gasteiger partial charge < -0.3 is 10.6 Å². The van der Waals surface area contributed by atoms with Crippen LogP contribution in [0, 0.1) is 24.7 Å². The summed E-state index contributed by atoms with van der Waals surface area (Å²) in [6, 6.07) is 16.0. The molecule has 3 aliphatic rings. The number of fused-ring (bicyclic) bond motifs is 7. The Balaban J connectivity index is 1.47. The van der Waals surface area contributed by atoms with Crippen LogP contribution in [-0.2, 0) is 4.79 Å². The lowest BCUT2D eigenvalue weighted by Crippen LogP contribution is -2.35. The maximum atomic E-state index is 12.2. The molecule has 1 heterocycles. The highest BCUT2D eigenvalue weighted by Gasteiger charge is 2.53. The smallest absolute Gasteiger partial charge is 0.224 e. The van der Waals surface area contributed by atoms with Crippen LogP contribution in [0.15, 0.2) is 42.5 Å². The van der Waals surface area contributed by atoms with E-state index in [2.05, 4.69) is 66.9 Å². The van der Waals surface area contributed by atoms with E-state index in [1.807, 2.05) is 0 Å². The average molecular weight is 389 g/mol. The lowest BCUT2D eigenvalue weighted by atomic mass is 9.68. The third kappa shape index (κ3) is 3.35. The molecule has 3 nitrogen and oxygen atoms in total. The van der Waals surface area contributed by atoms with Gasteiger partial charge in [-0.05, 0) is 85.6 Å². The number of unbranched alkanes of at least 4 members (excludes halogenated alkanes) is 1. The van der Waals surface area contributed by atoms with Gasteiger partial charge in [0.2, 0.25) is 5.91 Å². The predicted molar refractivity (Wildman–Crippen MR) is 119 cm³/mol. The highest BCUT2D eigenvalue weighted by atomic mass is 16.1. The zero-order chi connectivity index (χ0) is 20.0. The average Bonchev–Trinajstić information content (AvgIpc) is 3.35. The fraction of sp³-hybridized carbons (Fsp3) is 0.500. The number of carbonyl (C=O) groups is 1. The maximum absolute atomic E-state index is 12.2. The molecule has 0 spiro atoms. The van der Waals surface area contributed by atoms with Crippen molar-refractivity contribution < 1.29 is 4.79 Å². The quantitative estimate of drug-likeness (QED) is 0.620. The number of aryl methyl sites for hydroxylation is 1. The number of nitrogens with one attached hydrogen (secondary N) is 2. The van der Waals surface area contributed by atoms with Gasteiger partial charge in [-0.2, -0.15) is 0 Å². The summed E-state index contributed by atoms with van der Waals surface area (Å²) in [5.41, 5.74) is 6.38. The van der Waals surface area contributed by atoms with Crippen LogP contribution >= 0.6 is 0 Å². The minimum Gasteiger partial charge on any atom is -0.378 e. The van der Waals surface area contributed by atoms with Crippen molar-refractivity contribution in [3.05, 3.63) is 59.2 Å². The fourth-order valence-electron chi connectivity index (χ4n) is 6.23. The molecule has 2 aromatic rings. The number of rotatable bonds is 5. The molecule has 2 aliphatic carbocycles. The lowest BCUT2D eigenvalue weighted by Gasteiger charge is -2.43. The van der Waals surface area contributed by atoms with E-state index in [-0.39, 0.29) is 5.91 Å². The Morgan fingerprint density at radius 3 is 2.69 bits per heavy atom. The molecule has 2 aromatic carbocycles. The highest BCUT2D eigenvalue weighted by Crippen LogP contribution is 2.63. The molecule has 152 valence electrons. The normalized spacial score (nSPS) is 29.1. The van der Waals surface area contributed by atoms with Gasteiger partial charge in [-0.1, -0.05) is 43.2 Å². The summed E-state index contributed by atoms with van der Waals surface area (Å²) in [7, 11) is 0. The molecule has 2 saturated carbocycles. The summed E-state index contributed by atoms with van der Waals surface area (Å²) in [5.74, 6) is 3.03. The fourth-order valence-corrected chi connectivity index (χ4v) is 6.23. The molecule has 0 saturated heterocycles. The second-order valence-corrected chi connectivity index (χ2v) is 9.42. The van der Waals surface area contributed by atoms with Crippen molar-refractivity contribution >= 4 is 17.3 Å². The molecule has 2 bridgehead atoms. The molecule has 2 fully saturated rings. The Labute approximate surface area is 174 Å². The van der Waals surface area contributed by atoms with Crippen LogP contribution < -0.4 is 10.6 Å². The molecule has 5 atom stereocenters. The van der Waals surface area contributed by atoms with E-state index in [1.165, 1.54) is 41.6 Å². The van der Waals surface area contributed by atoms with Crippen LogP contribution in [0.4, 0.5) is 11.4 Å². The van der Waals surface area contributed by atoms with Crippen LogP contribution in [0.5, 0.6) is 0 Å². The summed E-state index contributed by atoms with van der Waals surface area (Å²) in [6.45, 7) is 4.28. The number of carbonyl (C=O) groups excluding carboxylic acids is 1. The largest absolute Gasteiger partial charge is 0.378 e. The number of hydrogen-bond acceptors (Lipinski definition) is 2. The number of benzene rings is 2. The van der Waals surface area contributed by atoms with Crippen molar-refractivity contribution in [2.75, 3.05) is 10.6 Å². The number of hydrogen-bond donors (Lipinski definition) is 2. The topological polar surface area (TPSA) is 41.1 Å². The SMILES string of the molecule is CCCCC(=O)Nc1ccc2c(c1)C1C3CCC(C3)C1C(c1ccc(C)cc1)N2. The van der Waals surface area contributed by atoms with E-state index in [1.54, 1.807) is 0 Å². The van der Waals surface area contributed by atoms with Gasteiger partial charge >= 0.3 is 0 Å². The van der Waals surface area contributed by atoms with Crippen molar-refractivity contribution in [2.24, 2.45) is 17.8 Å². The van der Waals surface area contributed by atoms with E-state index in [9.17, 15) is 4.79 Å². The molecule has 0 radical (unpaired) electrons. The van der Waals surface area contributed by atoms with Gasteiger partial charge in [0, 0.05) is 17.8 Å². The van der Waals surface area contributed by atoms with Crippen LogP contribution in [-0.4, -0.2) is 5.91 Å².